The number of thiophene rings is 1. The third kappa shape index (κ3) is 6.88. The summed E-state index contributed by atoms with van der Waals surface area (Å²) in [6.45, 7) is 9.58. The molecular weight excluding hydrogens is 518 g/mol. The second-order valence-corrected chi connectivity index (χ2v) is 11.5. The van der Waals surface area contributed by atoms with Gasteiger partial charge in [-0.15, -0.1) is 11.3 Å². The van der Waals surface area contributed by atoms with Gasteiger partial charge in [0.2, 0.25) is 5.91 Å². The largest absolute Gasteiger partial charge is 0.491 e. The molecule has 0 bridgehead atoms. The van der Waals surface area contributed by atoms with Crippen molar-refractivity contribution < 1.29 is 14.3 Å². The highest BCUT2D eigenvalue weighted by molar-refractivity contribution is 7.10. The van der Waals surface area contributed by atoms with E-state index >= 15 is 0 Å². The summed E-state index contributed by atoms with van der Waals surface area (Å²) >= 11 is 7.90. The Bertz CT molecular complexity index is 1260. The molecule has 3 amide bonds. The number of hydrogen-bond acceptors (Lipinski definition) is 4. The number of rotatable bonds is 9. The zero-order valence-corrected chi connectivity index (χ0v) is 24.1. The fourth-order valence-corrected chi connectivity index (χ4v) is 5.62. The van der Waals surface area contributed by atoms with E-state index in [1.54, 1.807) is 16.2 Å². The topological polar surface area (TPSA) is 61.9 Å². The lowest BCUT2D eigenvalue weighted by molar-refractivity contribution is -0.135. The van der Waals surface area contributed by atoms with Crippen LogP contribution in [0, 0.1) is 19.8 Å². The van der Waals surface area contributed by atoms with Crippen molar-refractivity contribution in [3.05, 3.63) is 80.5 Å². The Balaban J connectivity index is 1.51. The number of nitrogens with zero attached hydrogens (tertiary/aromatic N) is 2. The van der Waals surface area contributed by atoms with Crippen molar-refractivity contribution in [1.29, 1.82) is 0 Å². The van der Waals surface area contributed by atoms with Crippen LogP contribution in [-0.4, -0.2) is 48.0 Å². The van der Waals surface area contributed by atoms with Crippen LogP contribution in [0.3, 0.4) is 0 Å². The van der Waals surface area contributed by atoms with Crippen molar-refractivity contribution in [2.75, 3.05) is 31.6 Å². The molecule has 8 heteroatoms. The number of ether oxygens (including phenoxy) is 1. The molecule has 4 rings (SSSR count). The molecule has 3 aromatic rings. The van der Waals surface area contributed by atoms with Crippen LogP contribution in [-0.2, 0) is 11.2 Å². The van der Waals surface area contributed by atoms with E-state index in [0.717, 1.165) is 35.3 Å². The van der Waals surface area contributed by atoms with E-state index in [4.69, 9.17) is 16.3 Å². The van der Waals surface area contributed by atoms with Crippen molar-refractivity contribution in [1.82, 2.24) is 9.80 Å². The third-order valence-corrected chi connectivity index (χ3v) is 8.52. The number of fused-ring (bicyclic) bond motifs is 1. The molecule has 0 saturated carbocycles. The summed E-state index contributed by atoms with van der Waals surface area (Å²) in [6.07, 6.45) is 1.72. The van der Waals surface area contributed by atoms with Crippen LogP contribution in [0.2, 0.25) is 5.02 Å². The number of anilines is 1. The molecule has 0 fully saturated rings. The molecule has 0 aliphatic carbocycles. The zero-order chi connectivity index (χ0) is 27.2. The summed E-state index contributed by atoms with van der Waals surface area (Å²) in [7, 11) is 0. The summed E-state index contributed by atoms with van der Waals surface area (Å²) in [6, 6.07) is 14.9. The van der Waals surface area contributed by atoms with E-state index in [9.17, 15) is 9.59 Å². The van der Waals surface area contributed by atoms with Crippen molar-refractivity contribution in [2.45, 2.75) is 46.6 Å². The van der Waals surface area contributed by atoms with Crippen LogP contribution in [0.25, 0.3) is 0 Å². The van der Waals surface area contributed by atoms with Crippen LogP contribution in [0.4, 0.5) is 10.5 Å². The first-order valence-corrected chi connectivity index (χ1v) is 14.4. The first-order chi connectivity index (χ1) is 18.2. The lowest BCUT2D eigenvalue weighted by Crippen LogP contribution is -2.49. The Kier molecular flexibility index (Phi) is 9.34. The van der Waals surface area contributed by atoms with E-state index in [-0.39, 0.29) is 30.4 Å². The number of halogens is 1. The van der Waals surface area contributed by atoms with Crippen LogP contribution < -0.4 is 10.1 Å². The second-order valence-electron chi connectivity index (χ2n) is 10.1. The predicted octanol–water partition coefficient (Wildman–Crippen LogP) is 7.10. The second kappa shape index (κ2) is 12.7. The van der Waals surface area contributed by atoms with E-state index in [1.807, 2.05) is 61.2 Å². The molecule has 38 heavy (non-hydrogen) atoms. The van der Waals surface area contributed by atoms with Crippen molar-refractivity contribution in [3.8, 4) is 5.75 Å². The van der Waals surface area contributed by atoms with E-state index < -0.39 is 0 Å². The summed E-state index contributed by atoms with van der Waals surface area (Å²) in [5.74, 6) is 0.909. The van der Waals surface area contributed by atoms with Crippen LogP contribution in [0.1, 0.15) is 47.9 Å². The SMILES string of the molecule is CC[C@@H](C)CN(CC(=O)N1CCc2sccc2[C@@H]1COc1ccc(Cl)c(C)c1)C(=O)Nc1ccc(C)cc1. The quantitative estimate of drug-likeness (QED) is 0.307. The first-order valence-electron chi connectivity index (χ1n) is 13.1. The van der Waals surface area contributed by atoms with Gasteiger partial charge in [0.25, 0.3) is 0 Å². The smallest absolute Gasteiger partial charge is 0.322 e. The number of amides is 3. The number of carbonyl (C=O) groups excluding carboxylic acids is 2. The number of hydrogen-bond donors (Lipinski definition) is 1. The number of urea groups is 1. The molecule has 0 saturated heterocycles. The Morgan fingerprint density at radius 2 is 1.95 bits per heavy atom. The summed E-state index contributed by atoms with van der Waals surface area (Å²) in [5.41, 5.74) is 3.90. The highest BCUT2D eigenvalue weighted by Crippen LogP contribution is 2.34. The molecule has 6 nitrogen and oxygen atoms in total. The molecule has 0 spiro atoms. The molecule has 1 aliphatic rings. The molecule has 2 heterocycles. The molecule has 1 N–H and O–H groups in total. The van der Waals surface area contributed by atoms with Crippen molar-refractivity contribution in [2.24, 2.45) is 5.92 Å². The van der Waals surface area contributed by atoms with Gasteiger partial charge in [0.1, 0.15) is 18.9 Å². The van der Waals surface area contributed by atoms with Crippen molar-refractivity contribution in [3.63, 3.8) is 0 Å². The Labute approximate surface area is 234 Å². The van der Waals surface area contributed by atoms with E-state index in [2.05, 4.69) is 30.6 Å². The van der Waals surface area contributed by atoms with Crippen LogP contribution >= 0.6 is 22.9 Å². The van der Waals surface area contributed by atoms with Gasteiger partial charge in [-0.1, -0.05) is 49.6 Å². The van der Waals surface area contributed by atoms with Gasteiger partial charge in [0.05, 0.1) is 6.04 Å². The van der Waals surface area contributed by atoms with Gasteiger partial charge in [-0.25, -0.2) is 4.79 Å². The molecule has 202 valence electrons. The Hall–Kier alpha value is -3.03. The molecular formula is C30H36ClN3O3S. The molecule has 1 aliphatic heterocycles. The fraction of sp³-hybridized carbons (Fsp3) is 0.400. The van der Waals surface area contributed by atoms with Crippen molar-refractivity contribution >= 4 is 40.6 Å². The fourth-order valence-electron chi connectivity index (χ4n) is 4.57. The average Bonchev–Trinajstić information content (AvgIpc) is 3.39. The zero-order valence-electron chi connectivity index (χ0n) is 22.5. The lowest BCUT2D eigenvalue weighted by Gasteiger charge is -2.37. The van der Waals surface area contributed by atoms with Gasteiger partial charge in [0.15, 0.2) is 0 Å². The Morgan fingerprint density at radius 3 is 2.66 bits per heavy atom. The normalized spacial score (nSPS) is 15.5. The number of carbonyl (C=O) groups is 2. The minimum atomic E-state index is -0.264. The van der Waals surface area contributed by atoms with Gasteiger partial charge in [-0.3, -0.25) is 4.79 Å². The monoisotopic (exact) mass is 553 g/mol. The molecule has 0 radical (unpaired) electrons. The summed E-state index contributed by atoms with van der Waals surface area (Å²) in [4.78, 5) is 31.8. The number of nitrogens with one attached hydrogen (secondary N) is 1. The first kappa shape index (κ1) is 28.0. The summed E-state index contributed by atoms with van der Waals surface area (Å²) in [5, 5.41) is 5.73. The van der Waals surface area contributed by atoms with Gasteiger partial charge >= 0.3 is 6.03 Å². The molecule has 2 aromatic carbocycles. The van der Waals surface area contributed by atoms with Gasteiger partial charge in [-0.05, 0) is 79.1 Å². The maximum atomic E-state index is 13.8. The third-order valence-electron chi connectivity index (χ3n) is 7.10. The highest BCUT2D eigenvalue weighted by atomic mass is 35.5. The maximum Gasteiger partial charge on any atom is 0.322 e. The number of aryl methyl sites for hydroxylation is 2. The van der Waals surface area contributed by atoms with Crippen LogP contribution in [0.5, 0.6) is 5.75 Å². The molecule has 2 atom stereocenters. The van der Waals surface area contributed by atoms with E-state index in [1.165, 1.54) is 4.88 Å². The highest BCUT2D eigenvalue weighted by Gasteiger charge is 2.33. The minimum absolute atomic E-state index is 0.0120. The maximum absolute atomic E-state index is 13.8. The molecule has 1 aromatic heterocycles. The lowest BCUT2D eigenvalue weighted by atomic mass is 10.00. The number of benzene rings is 2. The minimum Gasteiger partial charge on any atom is -0.491 e. The van der Waals surface area contributed by atoms with E-state index in [0.29, 0.717) is 30.4 Å². The van der Waals surface area contributed by atoms with Gasteiger partial charge in [0, 0.05) is 28.7 Å². The molecule has 0 unspecified atom stereocenters. The standard InChI is InChI=1S/C30H36ClN3O3S/c1-5-20(2)17-33(30(36)32-23-8-6-21(3)7-9-23)18-29(35)34-14-12-28-25(13-15-38-28)27(34)19-37-24-10-11-26(31)22(4)16-24/h6-11,13,15-16,20,27H,5,12,14,17-19H2,1-4H3,(H,32,36)/t20-,27+/m1/s1. The summed E-state index contributed by atoms with van der Waals surface area (Å²) < 4.78 is 6.17. The Morgan fingerprint density at radius 1 is 1.18 bits per heavy atom. The van der Waals surface area contributed by atoms with Crippen LogP contribution in [0.15, 0.2) is 53.9 Å². The average molecular weight is 554 g/mol. The van der Waals surface area contributed by atoms with Gasteiger partial charge < -0.3 is 19.9 Å². The predicted molar refractivity (Wildman–Crippen MR) is 155 cm³/mol. The van der Waals surface area contributed by atoms with Gasteiger partial charge in [-0.2, -0.15) is 0 Å².